The molecule has 0 radical (unpaired) electrons. The Morgan fingerprint density at radius 1 is 1.58 bits per heavy atom. The standard InChI is InChI=1S/C6H4N4O2/c7-10-9-6(12)5(11)4-2-1-3-8-4/h1-3,8H. The van der Waals surface area contributed by atoms with Gasteiger partial charge in [0.1, 0.15) is 0 Å². The largest absolute Gasteiger partial charge is 0.358 e. The van der Waals surface area contributed by atoms with Gasteiger partial charge in [0.2, 0.25) is 0 Å². The van der Waals surface area contributed by atoms with E-state index < -0.39 is 11.7 Å². The van der Waals surface area contributed by atoms with Crippen LogP contribution in [0.5, 0.6) is 0 Å². The zero-order valence-electron chi connectivity index (χ0n) is 5.89. The van der Waals surface area contributed by atoms with Gasteiger partial charge in [-0.25, -0.2) is 0 Å². The zero-order chi connectivity index (χ0) is 8.97. The van der Waals surface area contributed by atoms with Crippen LogP contribution >= 0.6 is 0 Å². The van der Waals surface area contributed by atoms with Crippen LogP contribution in [0.3, 0.4) is 0 Å². The smallest absolute Gasteiger partial charge is 0.291 e. The molecule has 0 aromatic carbocycles. The summed E-state index contributed by atoms with van der Waals surface area (Å²) < 4.78 is 0. The van der Waals surface area contributed by atoms with Gasteiger partial charge in [-0.3, -0.25) is 9.59 Å². The van der Waals surface area contributed by atoms with E-state index >= 15 is 0 Å². The lowest BCUT2D eigenvalue weighted by atomic mass is 10.3. The number of rotatable bonds is 2. The third-order valence-corrected chi connectivity index (χ3v) is 1.17. The number of hydrogen-bond donors (Lipinski definition) is 1. The second kappa shape index (κ2) is 3.36. The van der Waals surface area contributed by atoms with Gasteiger partial charge < -0.3 is 4.98 Å². The summed E-state index contributed by atoms with van der Waals surface area (Å²) in [4.78, 5) is 26.3. The first-order chi connectivity index (χ1) is 5.75. The molecule has 0 aliphatic rings. The summed E-state index contributed by atoms with van der Waals surface area (Å²) >= 11 is 0. The maximum atomic E-state index is 11.0. The van der Waals surface area contributed by atoms with Gasteiger partial charge in [0, 0.05) is 11.1 Å². The fourth-order valence-corrected chi connectivity index (χ4v) is 0.673. The number of Topliss-reactive ketones (excluding diaryl/α,β-unsaturated/α-hetero) is 1. The number of ketones is 1. The van der Waals surface area contributed by atoms with Gasteiger partial charge in [0.25, 0.3) is 11.7 Å². The fourth-order valence-electron chi connectivity index (χ4n) is 0.673. The Hall–Kier alpha value is -2.07. The average molecular weight is 164 g/mol. The maximum absolute atomic E-state index is 11.0. The molecule has 1 aromatic rings. The lowest BCUT2D eigenvalue weighted by molar-refractivity contribution is -0.114. The van der Waals surface area contributed by atoms with E-state index in [1.54, 1.807) is 6.07 Å². The fraction of sp³-hybridized carbons (Fsp3) is 0. The van der Waals surface area contributed by atoms with Gasteiger partial charge in [0.15, 0.2) is 0 Å². The lowest BCUT2D eigenvalue weighted by Gasteiger charge is -1.87. The molecular weight excluding hydrogens is 160 g/mol. The highest BCUT2D eigenvalue weighted by molar-refractivity contribution is 6.42. The Balaban J connectivity index is 2.86. The van der Waals surface area contributed by atoms with Crippen molar-refractivity contribution in [2.45, 2.75) is 0 Å². The van der Waals surface area contributed by atoms with Gasteiger partial charge in [-0.05, 0) is 22.8 Å². The highest BCUT2D eigenvalue weighted by atomic mass is 16.2. The van der Waals surface area contributed by atoms with E-state index in [0.717, 1.165) is 0 Å². The highest BCUT2D eigenvalue weighted by Crippen LogP contribution is 1.97. The average Bonchev–Trinajstić information content (AvgIpc) is 2.55. The Bertz CT molecular complexity index is 348. The molecule has 0 atom stereocenters. The molecule has 0 fully saturated rings. The van der Waals surface area contributed by atoms with Crippen molar-refractivity contribution in [3.05, 3.63) is 34.5 Å². The molecule has 0 aliphatic carbocycles. The third-order valence-electron chi connectivity index (χ3n) is 1.17. The molecule has 1 rings (SSSR count). The number of carbonyl (C=O) groups is 2. The second-order valence-corrected chi connectivity index (χ2v) is 1.91. The van der Waals surface area contributed by atoms with Crippen LogP contribution in [0.4, 0.5) is 0 Å². The minimum Gasteiger partial charge on any atom is -0.358 e. The molecule has 0 saturated carbocycles. The van der Waals surface area contributed by atoms with Gasteiger partial charge in [-0.15, -0.1) is 0 Å². The number of amides is 1. The Morgan fingerprint density at radius 3 is 2.83 bits per heavy atom. The quantitative estimate of drug-likeness (QED) is 0.232. The van der Waals surface area contributed by atoms with E-state index in [1.165, 1.54) is 12.3 Å². The van der Waals surface area contributed by atoms with Crippen molar-refractivity contribution in [3.63, 3.8) is 0 Å². The molecule has 1 aromatic heterocycles. The van der Waals surface area contributed by atoms with Crippen LogP contribution in [-0.2, 0) is 4.79 Å². The number of carbonyl (C=O) groups excluding carboxylic acids is 2. The normalized spacial score (nSPS) is 8.67. The van der Waals surface area contributed by atoms with Crippen LogP contribution in [0.1, 0.15) is 10.5 Å². The first kappa shape index (κ1) is 8.03. The summed E-state index contributed by atoms with van der Waals surface area (Å²) in [6, 6.07) is 2.99. The van der Waals surface area contributed by atoms with Crippen molar-refractivity contribution in [3.8, 4) is 0 Å². The minimum atomic E-state index is -1.11. The van der Waals surface area contributed by atoms with Gasteiger partial charge >= 0.3 is 0 Å². The third kappa shape index (κ3) is 1.50. The predicted octanol–water partition coefficient (Wildman–Crippen LogP) is 1.03. The molecule has 0 spiro atoms. The number of aromatic nitrogens is 1. The van der Waals surface area contributed by atoms with Crippen LogP contribution < -0.4 is 0 Å². The summed E-state index contributed by atoms with van der Waals surface area (Å²) in [5.41, 5.74) is 7.98. The van der Waals surface area contributed by atoms with E-state index in [4.69, 9.17) is 5.53 Å². The molecule has 0 unspecified atom stereocenters. The van der Waals surface area contributed by atoms with Crippen molar-refractivity contribution in [2.24, 2.45) is 5.11 Å². The van der Waals surface area contributed by atoms with E-state index in [-0.39, 0.29) is 5.69 Å². The van der Waals surface area contributed by atoms with Crippen LogP contribution in [0.15, 0.2) is 23.4 Å². The van der Waals surface area contributed by atoms with Crippen LogP contribution in [0, 0.1) is 0 Å². The van der Waals surface area contributed by atoms with E-state index in [9.17, 15) is 9.59 Å². The minimum absolute atomic E-state index is 0.118. The zero-order valence-corrected chi connectivity index (χ0v) is 5.89. The Kier molecular flexibility index (Phi) is 2.25. The first-order valence-electron chi connectivity index (χ1n) is 3.03. The molecule has 6 heteroatoms. The van der Waals surface area contributed by atoms with Crippen molar-refractivity contribution >= 4 is 11.7 Å². The molecule has 12 heavy (non-hydrogen) atoms. The number of H-pyrrole nitrogens is 1. The summed E-state index contributed by atoms with van der Waals surface area (Å²) in [5.74, 6) is -1.95. The van der Waals surface area contributed by atoms with Crippen molar-refractivity contribution in [2.75, 3.05) is 0 Å². The maximum Gasteiger partial charge on any atom is 0.291 e. The monoisotopic (exact) mass is 164 g/mol. The molecule has 1 amide bonds. The Labute approximate surface area is 66.8 Å². The topological polar surface area (TPSA) is 98.7 Å². The number of aromatic amines is 1. The molecule has 6 nitrogen and oxygen atoms in total. The molecular formula is C6H4N4O2. The van der Waals surface area contributed by atoms with Crippen molar-refractivity contribution in [1.29, 1.82) is 0 Å². The predicted molar refractivity (Wildman–Crippen MR) is 39.3 cm³/mol. The molecule has 60 valence electrons. The molecule has 1 N–H and O–H groups in total. The van der Waals surface area contributed by atoms with Crippen LogP contribution in [-0.4, -0.2) is 16.7 Å². The highest BCUT2D eigenvalue weighted by Gasteiger charge is 2.14. The van der Waals surface area contributed by atoms with Gasteiger partial charge in [-0.1, -0.05) is 0 Å². The van der Waals surface area contributed by atoms with E-state index in [1.807, 2.05) is 0 Å². The second-order valence-electron chi connectivity index (χ2n) is 1.91. The Morgan fingerprint density at radius 2 is 2.33 bits per heavy atom. The van der Waals surface area contributed by atoms with Crippen LogP contribution in [0.25, 0.3) is 10.4 Å². The number of hydrogen-bond acceptors (Lipinski definition) is 2. The summed E-state index contributed by atoms with van der Waals surface area (Å²) in [6.07, 6.45) is 1.50. The molecule has 0 bridgehead atoms. The number of nitrogens with one attached hydrogen (secondary N) is 1. The first-order valence-corrected chi connectivity index (χ1v) is 3.03. The molecule has 0 aliphatic heterocycles. The SMILES string of the molecule is [N-]=[N+]=NC(=O)C(=O)c1ccc[nH]1. The van der Waals surface area contributed by atoms with E-state index in [2.05, 4.69) is 15.0 Å². The van der Waals surface area contributed by atoms with Crippen LogP contribution in [0.2, 0.25) is 0 Å². The summed E-state index contributed by atoms with van der Waals surface area (Å²) in [6.45, 7) is 0. The summed E-state index contributed by atoms with van der Waals surface area (Å²) in [5, 5.41) is 2.65. The molecule has 0 saturated heterocycles. The molecule has 1 heterocycles. The number of azide groups is 1. The number of nitrogens with zero attached hydrogens (tertiary/aromatic N) is 3. The van der Waals surface area contributed by atoms with Crippen molar-refractivity contribution in [1.82, 2.24) is 4.98 Å². The van der Waals surface area contributed by atoms with Crippen molar-refractivity contribution < 1.29 is 9.59 Å². The van der Waals surface area contributed by atoms with Gasteiger partial charge in [-0.2, -0.15) is 0 Å². The van der Waals surface area contributed by atoms with Gasteiger partial charge in [0.05, 0.1) is 5.69 Å². The summed E-state index contributed by atoms with van der Waals surface area (Å²) in [7, 11) is 0. The lowest BCUT2D eigenvalue weighted by Crippen LogP contribution is -2.10. The van der Waals surface area contributed by atoms with E-state index in [0.29, 0.717) is 0 Å².